The van der Waals surface area contributed by atoms with Crippen molar-refractivity contribution in [3.8, 4) is 5.75 Å². The van der Waals surface area contributed by atoms with Gasteiger partial charge in [0.1, 0.15) is 18.0 Å². The number of nitrogens with zero attached hydrogens (tertiary/aromatic N) is 5. The van der Waals surface area contributed by atoms with Gasteiger partial charge in [-0.3, -0.25) is 9.59 Å². The first-order valence-electron chi connectivity index (χ1n) is 13.9. The van der Waals surface area contributed by atoms with Crippen LogP contribution in [0.4, 0.5) is 10.5 Å². The van der Waals surface area contributed by atoms with Gasteiger partial charge in [0.15, 0.2) is 0 Å². The predicted molar refractivity (Wildman–Crippen MR) is 168 cm³/mol. The Labute approximate surface area is 264 Å². The van der Waals surface area contributed by atoms with Crippen molar-refractivity contribution in [1.82, 2.24) is 25.1 Å². The van der Waals surface area contributed by atoms with Crippen LogP contribution < -0.4 is 10.2 Å². The Balaban J connectivity index is 1.49. The van der Waals surface area contributed by atoms with E-state index in [1.165, 1.54) is 5.01 Å². The molecule has 2 atom stereocenters. The summed E-state index contributed by atoms with van der Waals surface area (Å²) >= 11 is 10.0. The van der Waals surface area contributed by atoms with E-state index < -0.39 is 12.2 Å². The van der Waals surface area contributed by atoms with Crippen molar-refractivity contribution in [3.05, 3.63) is 92.9 Å². The van der Waals surface area contributed by atoms with Crippen LogP contribution in [0.25, 0.3) is 0 Å². The molecule has 0 saturated carbocycles. The average Bonchev–Trinajstić information content (AvgIpc) is 2.95. The highest BCUT2D eigenvalue weighted by Gasteiger charge is 2.50. The van der Waals surface area contributed by atoms with Gasteiger partial charge < -0.3 is 25.1 Å². The standard InChI is InChI=1S/C31H34BrClN6O4/c1-35(2)29-22(7-5-9-25(29)33)17-37-18-27-38(26(30(37)42)15-20-10-12-24(40)13-11-20)28(41)19-36(3)39(27)31(43)34-16-21-6-4-8-23(32)14-21/h4-14,26-27,40H,15-19H2,1-3H3,(H,34,43)/t26-,27?/m0/s1. The largest absolute Gasteiger partial charge is 0.508 e. The number of piperazine rings is 1. The molecule has 10 nitrogen and oxygen atoms in total. The maximum Gasteiger partial charge on any atom is 0.334 e. The number of anilines is 1. The summed E-state index contributed by atoms with van der Waals surface area (Å²) in [5, 5.41) is 16.5. The molecule has 5 rings (SSSR count). The van der Waals surface area contributed by atoms with E-state index >= 15 is 0 Å². The number of hydrogen-bond donors (Lipinski definition) is 2. The molecular weight excluding hydrogens is 636 g/mol. The van der Waals surface area contributed by atoms with E-state index in [-0.39, 0.29) is 56.2 Å². The lowest BCUT2D eigenvalue weighted by Gasteiger charge is -2.54. The number of aromatic hydroxyl groups is 1. The van der Waals surface area contributed by atoms with E-state index in [9.17, 15) is 19.5 Å². The lowest BCUT2D eigenvalue weighted by Crippen LogP contribution is -2.76. The summed E-state index contributed by atoms with van der Waals surface area (Å²) < 4.78 is 0.905. The summed E-state index contributed by atoms with van der Waals surface area (Å²) in [5.41, 5.74) is 3.35. The molecule has 226 valence electrons. The molecule has 43 heavy (non-hydrogen) atoms. The third-order valence-corrected chi connectivity index (χ3v) is 8.52. The van der Waals surface area contributed by atoms with Gasteiger partial charge in [0.05, 0.1) is 23.8 Å². The number of carbonyl (C=O) groups is 3. The van der Waals surface area contributed by atoms with Gasteiger partial charge in [-0.15, -0.1) is 0 Å². The highest BCUT2D eigenvalue weighted by molar-refractivity contribution is 9.10. The first-order valence-corrected chi connectivity index (χ1v) is 15.1. The van der Waals surface area contributed by atoms with Crippen LogP contribution in [-0.4, -0.2) is 89.2 Å². The summed E-state index contributed by atoms with van der Waals surface area (Å²) in [6.45, 7) is 0.593. The van der Waals surface area contributed by atoms with E-state index in [0.29, 0.717) is 5.02 Å². The van der Waals surface area contributed by atoms with Crippen LogP contribution in [0.2, 0.25) is 5.02 Å². The number of urea groups is 1. The van der Waals surface area contributed by atoms with Crippen LogP contribution in [0.3, 0.4) is 0 Å². The van der Waals surface area contributed by atoms with Crippen LogP contribution in [0, 0.1) is 0 Å². The second-order valence-corrected chi connectivity index (χ2v) is 12.3. The number of phenols is 1. The first kappa shape index (κ1) is 30.7. The van der Waals surface area contributed by atoms with Gasteiger partial charge in [-0.2, -0.15) is 0 Å². The SMILES string of the molecule is CN(C)c1c(Cl)cccc1CN1CC2N(C(=O)CN(C)N2C(=O)NCc2cccc(Br)c2)[C@@H](Cc2ccc(O)cc2)C1=O. The summed E-state index contributed by atoms with van der Waals surface area (Å²) in [4.78, 5) is 46.6. The minimum absolute atomic E-state index is 0.0563. The molecule has 2 fully saturated rings. The lowest BCUT2D eigenvalue weighted by molar-refractivity contribution is -0.187. The highest BCUT2D eigenvalue weighted by Crippen LogP contribution is 2.33. The number of nitrogens with one attached hydrogen (secondary N) is 1. The number of carbonyl (C=O) groups excluding carboxylic acids is 3. The molecule has 0 aromatic heterocycles. The molecule has 2 aliphatic heterocycles. The molecule has 0 bridgehead atoms. The molecule has 3 aromatic rings. The van der Waals surface area contributed by atoms with Crippen LogP contribution in [0.1, 0.15) is 16.7 Å². The predicted octanol–water partition coefficient (Wildman–Crippen LogP) is 4.05. The topological polar surface area (TPSA) is 99.7 Å². The summed E-state index contributed by atoms with van der Waals surface area (Å²) in [6, 6.07) is 18.6. The number of hydrazine groups is 1. The molecular formula is C31H34BrClN6O4. The number of phenolic OH excluding ortho intramolecular Hbond substituents is 1. The van der Waals surface area contributed by atoms with Crippen molar-refractivity contribution < 1.29 is 19.5 Å². The molecule has 0 aliphatic carbocycles. The average molecular weight is 670 g/mol. The van der Waals surface area contributed by atoms with E-state index in [4.69, 9.17) is 11.6 Å². The van der Waals surface area contributed by atoms with Crippen molar-refractivity contribution in [1.29, 1.82) is 0 Å². The number of fused-ring (bicyclic) bond motifs is 1. The van der Waals surface area contributed by atoms with Crippen molar-refractivity contribution in [2.75, 3.05) is 39.1 Å². The van der Waals surface area contributed by atoms with Gasteiger partial charge in [-0.25, -0.2) is 14.8 Å². The Morgan fingerprint density at radius 2 is 1.79 bits per heavy atom. The molecule has 0 radical (unpaired) electrons. The van der Waals surface area contributed by atoms with Crippen LogP contribution in [-0.2, 0) is 29.1 Å². The van der Waals surface area contributed by atoms with Crippen molar-refractivity contribution >= 4 is 51.1 Å². The number of amides is 4. The molecule has 2 heterocycles. The molecule has 12 heteroatoms. The van der Waals surface area contributed by atoms with Gasteiger partial charge in [0.25, 0.3) is 0 Å². The number of likely N-dealkylation sites (N-methyl/N-ethyl adjacent to an activating group) is 1. The molecule has 4 amide bonds. The van der Waals surface area contributed by atoms with Gasteiger partial charge in [-0.1, -0.05) is 63.9 Å². The van der Waals surface area contributed by atoms with Gasteiger partial charge in [0, 0.05) is 45.1 Å². The fourth-order valence-corrected chi connectivity index (χ4v) is 6.61. The number of benzene rings is 3. The zero-order chi connectivity index (χ0) is 30.8. The third kappa shape index (κ3) is 6.58. The smallest absolute Gasteiger partial charge is 0.334 e. The maximum absolute atomic E-state index is 14.2. The van der Waals surface area contributed by atoms with Gasteiger partial charge >= 0.3 is 6.03 Å². The highest BCUT2D eigenvalue weighted by atomic mass is 79.9. The molecule has 3 aromatic carbocycles. The number of hydrogen-bond acceptors (Lipinski definition) is 6. The minimum atomic E-state index is -0.855. The normalized spacial score (nSPS) is 19.0. The fourth-order valence-electron chi connectivity index (χ4n) is 5.80. The van der Waals surface area contributed by atoms with Crippen molar-refractivity contribution in [2.45, 2.75) is 31.7 Å². The number of rotatable bonds is 7. The Hall–Kier alpha value is -3.80. The second kappa shape index (κ2) is 12.8. The van der Waals surface area contributed by atoms with Gasteiger partial charge in [-0.05, 0) is 47.0 Å². The lowest BCUT2D eigenvalue weighted by atomic mass is 9.98. The zero-order valence-corrected chi connectivity index (χ0v) is 26.5. The van der Waals surface area contributed by atoms with E-state index in [0.717, 1.165) is 26.9 Å². The molecule has 1 unspecified atom stereocenters. The van der Waals surface area contributed by atoms with E-state index in [1.54, 1.807) is 52.2 Å². The summed E-state index contributed by atoms with van der Waals surface area (Å²) in [5.74, 6) is -0.349. The monoisotopic (exact) mass is 668 g/mol. The van der Waals surface area contributed by atoms with Crippen molar-refractivity contribution in [2.24, 2.45) is 0 Å². The fraction of sp³-hybridized carbons (Fsp3) is 0.323. The van der Waals surface area contributed by atoms with Crippen LogP contribution >= 0.6 is 27.5 Å². The van der Waals surface area contributed by atoms with E-state index in [2.05, 4.69) is 21.2 Å². The summed E-state index contributed by atoms with van der Waals surface area (Å²) in [7, 11) is 5.49. The Kier molecular flexibility index (Phi) is 9.14. The van der Waals surface area contributed by atoms with Crippen molar-refractivity contribution in [3.63, 3.8) is 0 Å². The van der Waals surface area contributed by atoms with Gasteiger partial charge in [0.2, 0.25) is 11.8 Å². The third-order valence-electron chi connectivity index (χ3n) is 7.72. The molecule has 2 aliphatic rings. The van der Waals surface area contributed by atoms with Crippen LogP contribution in [0.15, 0.2) is 71.2 Å². The van der Waals surface area contributed by atoms with Crippen LogP contribution in [0.5, 0.6) is 5.75 Å². The molecule has 2 N–H and O–H groups in total. The first-order chi connectivity index (χ1) is 20.5. The zero-order valence-electron chi connectivity index (χ0n) is 24.2. The molecule has 0 spiro atoms. The van der Waals surface area contributed by atoms with E-state index in [1.807, 2.05) is 55.4 Å². The maximum atomic E-state index is 14.2. The Bertz CT molecular complexity index is 1520. The second-order valence-electron chi connectivity index (χ2n) is 11.0. The minimum Gasteiger partial charge on any atom is -0.508 e. The Morgan fingerprint density at radius 3 is 2.49 bits per heavy atom. The Morgan fingerprint density at radius 1 is 1.07 bits per heavy atom. The molecule has 2 saturated heterocycles. The number of halogens is 2. The number of para-hydroxylation sites is 1. The quantitative estimate of drug-likeness (QED) is 0.394. The summed E-state index contributed by atoms with van der Waals surface area (Å²) in [6.07, 6.45) is -0.513.